The third-order valence-corrected chi connectivity index (χ3v) is 3.58. The summed E-state index contributed by atoms with van der Waals surface area (Å²) >= 11 is 1.40. The molecule has 0 fully saturated rings. The first kappa shape index (κ1) is 13.4. The van der Waals surface area contributed by atoms with E-state index in [9.17, 15) is 4.79 Å². The van der Waals surface area contributed by atoms with E-state index in [1.807, 2.05) is 43.3 Å². The van der Waals surface area contributed by atoms with Crippen LogP contribution in [0.2, 0.25) is 0 Å². The average Bonchev–Trinajstić information content (AvgIpc) is 2.43. The van der Waals surface area contributed by atoms with Crippen LogP contribution >= 0.6 is 11.8 Å². The number of aromatic nitrogens is 1. The molecule has 2 rings (SSSR count). The Bertz CT molecular complexity index is 572. The minimum atomic E-state index is -0.0654. The van der Waals surface area contributed by atoms with Crippen LogP contribution < -0.4 is 11.1 Å². The Morgan fingerprint density at radius 3 is 2.89 bits per heavy atom. The summed E-state index contributed by atoms with van der Waals surface area (Å²) in [7, 11) is 0. The Morgan fingerprint density at radius 2 is 2.16 bits per heavy atom. The van der Waals surface area contributed by atoms with Crippen LogP contribution in [0, 0.1) is 6.92 Å². The van der Waals surface area contributed by atoms with E-state index in [1.165, 1.54) is 11.8 Å². The minimum absolute atomic E-state index is 0.0654. The van der Waals surface area contributed by atoms with Gasteiger partial charge in [-0.2, -0.15) is 0 Å². The van der Waals surface area contributed by atoms with Crippen LogP contribution in [0.15, 0.2) is 47.6 Å². The molecule has 2 aromatic rings. The number of hydrogen-bond donors (Lipinski definition) is 2. The molecule has 0 saturated heterocycles. The maximum Gasteiger partial charge on any atom is 0.234 e. The Balaban J connectivity index is 1.93. The van der Waals surface area contributed by atoms with Crippen LogP contribution in [0.4, 0.5) is 11.4 Å². The molecule has 19 heavy (non-hydrogen) atoms. The highest BCUT2D eigenvalue weighted by molar-refractivity contribution is 7.99. The lowest BCUT2D eigenvalue weighted by Crippen LogP contribution is -2.15. The summed E-state index contributed by atoms with van der Waals surface area (Å²) in [6.07, 6.45) is 1.71. The minimum Gasteiger partial charge on any atom is -0.398 e. The van der Waals surface area contributed by atoms with Crippen LogP contribution in [-0.2, 0) is 4.79 Å². The molecule has 5 heteroatoms. The highest BCUT2D eigenvalue weighted by atomic mass is 32.2. The van der Waals surface area contributed by atoms with Crippen molar-refractivity contribution < 1.29 is 4.79 Å². The number of nitrogen functional groups attached to an aromatic ring is 1. The number of nitrogens with one attached hydrogen (secondary N) is 1. The molecule has 3 N–H and O–H groups in total. The molecule has 0 atom stereocenters. The molecular weight excluding hydrogens is 258 g/mol. The second-order valence-corrected chi connectivity index (χ2v) is 5.02. The molecule has 0 bridgehead atoms. The van der Waals surface area contributed by atoms with E-state index in [1.54, 1.807) is 6.20 Å². The molecule has 0 aliphatic heterocycles. The number of rotatable bonds is 4. The molecule has 1 aromatic heterocycles. The number of nitrogens with zero attached hydrogens (tertiary/aromatic N) is 1. The van der Waals surface area contributed by atoms with E-state index in [2.05, 4.69) is 10.3 Å². The second-order valence-electron chi connectivity index (χ2n) is 4.02. The summed E-state index contributed by atoms with van der Waals surface area (Å²) in [5, 5.41) is 3.69. The number of carbonyl (C=O) groups excluding carboxylic acids is 1. The van der Waals surface area contributed by atoms with Crippen molar-refractivity contribution in [3.8, 4) is 0 Å². The molecule has 1 aromatic carbocycles. The van der Waals surface area contributed by atoms with Gasteiger partial charge in [-0.15, -0.1) is 0 Å². The van der Waals surface area contributed by atoms with Crippen molar-refractivity contribution in [1.82, 2.24) is 4.98 Å². The normalized spacial score (nSPS) is 10.2. The van der Waals surface area contributed by atoms with Gasteiger partial charge >= 0.3 is 0 Å². The summed E-state index contributed by atoms with van der Waals surface area (Å²) in [5.41, 5.74) is 8.11. The maximum atomic E-state index is 11.8. The Kier molecular flexibility index (Phi) is 4.41. The molecule has 4 nitrogen and oxygen atoms in total. The fourth-order valence-electron chi connectivity index (χ4n) is 1.55. The van der Waals surface area contributed by atoms with Crippen molar-refractivity contribution in [2.24, 2.45) is 0 Å². The third-order valence-electron chi connectivity index (χ3n) is 2.64. The monoisotopic (exact) mass is 273 g/mol. The molecule has 0 radical (unpaired) electrons. The highest BCUT2D eigenvalue weighted by Crippen LogP contribution is 2.21. The first-order chi connectivity index (χ1) is 9.16. The van der Waals surface area contributed by atoms with Crippen LogP contribution in [0.25, 0.3) is 0 Å². The summed E-state index contributed by atoms with van der Waals surface area (Å²) < 4.78 is 0. The zero-order valence-electron chi connectivity index (χ0n) is 10.6. The maximum absolute atomic E-state index is 11.8. The van der Waals surface area contributed by atoms with Gasteiger partial charge < -0.3 is 11.1 Å². The van der Waals surface area contributed by atoms with Crippen molar-refractivity contribution in [3.63, 3.8) is 0 Å². The first-order valence-corrected chi connectivity index (χ1v) is 6.84. The third kappa shape index (κ3) is 3.72. The fraction of sp³-hybridized carbons (Fsp3) is 0.143. The first-order valence-electron chi connectivity index (χ1n) is 5.85. The van der Waals surface area contributed by atoms with Gasteiger partial charge in [0.25, 0.3) is 0 Å². The predicted molar refractivity (Wildman–Crippen MR) is 79.2 cm³/mol. The average molecular weight is 273 g/mol. The standard InChI is InChI=1S/C14H15N3OS/c1-10-11(15)5-4-6-12(10)17-13(18)9-19-14-7-2-3-8-16-14/h2-8H,9,15H2,1H3,(H,17,18). The van der Waals surface area contributed by atoms with Crippen molar-refractivity contribution in [2.45, 2.75) is 11.9 Å². The van der Waals surface area contributed by atoms with Crippen LogP contribution in [0.1, 0.15) is 5.56 Å². The van der Waals surface area contributed by atoms with E-state index >= 15 is 0 Å². The number of hydrogen-bond acceptors (Lipinski definition) is 4. The number of amides is 1. The Morgan fingerprint density at radius 1 is 1.32 bits per heavy atom. The number of benzene rings is 1. The van der Waals surface area contributed by atoms with Crippen LogP contribution in [-0.4, -0.2) is 16.6 Å². The Labute approximate surface area is 116 Å². The van der Waals surface area contributed by atoms with Gasteiger partial charge in [-0.05, 0) is 36.8 Å². The summed E-state index contributed by atoms with van der Waals surface area (Å²) in [6, 6.07) is 11.1. The zero-order valence-corrected chi connectivity index (χ0v) is 11.4. The molecule has 0 aliphatic rings. The Hall–Kier alpha value is -2.01. The van der Waals surface area contributed by atoms with Gasteiger partial charge in [-0.25, -0.2) is 4.98 Å². The zero-order chi connectivity index (χ0) is 13.7. The SMILES string of the molecule is Cc1c(N)cccc1NC(=O)CSc1ccccn1. The van der Waals surface area contributed by atoms with Crippen LogP contribution in [0.3, 0.4) is 0 Å². The van der Waals surface area contributed by atoms with Crippen molar-refractivity contribution >= 4 is 29.0 Å². The molecule has 0 aliphatic carbocycles. The summed E-state index contributed by atoms with van der Waals surface area (Å²) in [6.45, 7) is 1.89. The van der Waals surface area contributed by atoms with Gasteiger partial charge in [-0.1, -0.05) is 23.9 Å². The van der Waals surface area contributed by atoms with Crippen molar-refractivity contribution in [3.05, 3.63) is 48.2 Å². The van der Waals surface area contributed by atoms with E-state index in [4.69, 9.17) is 5.73 Å². The van der Waals surface area contributed by atoms with Gasteiger partial charge in [0.05, 0.1) is 10.8 Å². The van der Waals surface area contributed by atoms with Gasteiger partial charge in [0, 0.05) is 17.6 Å². The van der Waals surface area contributed by atoms with E-state index < -0.39 is 0 Å². The van der Waals surface area contributed by atoms with Crippen molar-refractivity contribution in [1.29, 1.82) is 0 Å². The number of thioether (sulfide) groups is 1. The van der Waals surface area contributed by atoms with E-state index in [0.717, 1.165) is 16.3 Å². The lowest BCUT2D eigenvalue weighted by Gasteiger charge is -2.09. The quantitative estimate of drug-likeness (QED) is 0.664. The van der Waals surface area contributed by atoms with Crippen molar-refractivity contribution in [2.75, 3.05) is 16.8 Å². The summed E-state index contributed by atoms with van der Waals surface area (Å²) in [5.74, 6) is 0.259. The van der Waals surface area contributed by atoms with E-state index in [0.29, 0.717) is 11.4 Å². The lowest BCUT2D eigenvalue weighted by molar-refractivity contribution is -0.113. The molecule has 1 heterocycles. The van der Waals surface area contributed by atoms with Crippen LogP contribution in [0.5, 0.6) is 0 Å². The number of pyridine rings is 1. The molecule has 0 unspecified atom stereocenters. The van der Waals surface area contributed by atoms with Gasteiger partial charge in [0.1, 0.15) is 0 Å². The molecule has 98 valence electrons. The van der Waals surface area contributed by atoms with Gasteiger partial charge in [0.2, 0.25) is 5.91 Å². The number of anilines is 2. The molecule has 1 amide bonds. The number of carbonyl (C=O) groups is 1. The smallest absolute Gasteiger partial charge is 0.234 e. The highest BCUT2D eigenvalue weighted by Gasteiger charge is 2.07. The van der Waals surface area contributed by atoms with E-state index in [-0.39, 0.29) is 5.91 Å². The molecule has 0 saturated carbocycles. The topological polar surface area (TPSA) is 68.0 Å². The predicted octanol–water partition coefficient (Wildman–Crippen LogP) is 2.70. The lowest BCUT2D eigenvalue weighted by atomic mass is 10.1. The fourth-order valence-corrected chi connectivity index (χ4v) is 2.21. The molecule has 0 spiro atoms. The molecular formula is C14H15N3OS. The van der Waals surface area contributed by atoms with Gasteiger partial charge in [-0.3, -0.25) is 4.79 Å². The van der Waals surface area contributed by atoms with Gasteiger partial charge in [0.15, 0.2) is 0 Å². The second kappa shape index (κ2) is 6.24. The summed E-state index contributed by atoms with van der Waals surface area (Å²) in [4.78, 5) is 16.0. The largest absolute Gasteiger partial charge is 0.398 e. The number of nitrogens with two attached hydrogens (primary N) is 1.